The molecule has 0 aromatic heterocycles. The summed E-state index contributed by atoms with van der Waals surface area (Å²) in [5.41, 5.74) is 0. The summed E-state index contributed by atoms with van der Waals surface area (Å²) >= 11 is 0. The molecule has 0 aliphatic heterocycles. The van der Waals surface area contributed by atoms with E-state index in [1.807, 2.05) is 0 Å². The third kappa shape index (κ3) is 9.74. The predicted octanol–water partition coefficient (Wildman–Crippen LogP) is 4.13. The number of hydrogen-bond donors (Lipinski definition) is 0. The van der Waals surface area contributed by atoms with Crippen LogP contribution in [0.4, 0.5) is 0 Å². The van der Waals surface area contributed by atoms with Crippen molar-refractivity contribution in [3.8, 4) is 0 Å². The minimum Gasteiger partial charge on any atom is -0.0885 e. The van der Waals surface area contributed by atoms with Crippen LogP contribution >= 0.6 is 0 Å². The van der Waals surface area contributed by atoms with Gasteiger partial charge in [0.25, 0.3) is 0 Å². The maximum atomic E-state index is 2.39. The SMILES string of the molecule is CCC[CH]CC/C=C/CCC. The van der Waals surface area contributed by atoms with E-state index in [1.165, 1.54) is 38.5 Å². The number of unbranched alkanes of at least 4 members (excludes halogenated alkanes) is 5. The van der Waals surface area contributed by atoms with E-state index in [1.54, 1.807) is 0 Å². The van der Waals surface area contributed by atoms with Gasteiger partial charge in [0.05, 0.1) is 0 Å². The lowest BCUT2D eigenvalue weighted by atomic mass is 10.1. The Kier molecular flexibility index (Phi) is 9.51. The molecule has 0 aliphatic rings. The third-order valence-corrected chi connectivity index (χ3v) is 1.65. The molecule has 65 valence electrons. The Morgan fingerprint density at radius 3 is 2.00 bits per heavy atom. The highest BCUT2D eigenvalue weighted by atomic mass is 13.9. The fraction of sp³-hybridized carbons (Fsp3) is 0.727. The first-order chi connectivity index (χ1) is 5.41. The molecule has 0 unspecified atom stereocenters. The first kappa shape index (κ1) is 10.7. The van der Waals surface area contributed by atoms with Gasteiger partial charge in [-0.3, -0.25) is 0 Å². The summed E-state index contributed by atoms with van der Waals surface area (Å²) in [4.78, 5) is 0. The van der Waals surface area contributed by atoms with E-state index < -0.39 is 0 Å². The van der Waals surface area contributed by atoms with Gasteiger partial charge >= 0.3 is 0 Å². The molecular formula is C11H21. The van der Waals surface area contributed by atoms with E-state index in [2.05, 4.69) is 32.4 Å². The molecule has 0 aromatic carbocycles. The Balaban J connectivity index is 2.89. The van der Waals surface area contributed by atoms with Crippen molar-refractivity contribution in [2.75, 3.05) is 0 Å². The van der Waals surface area contributed by atoms with Crippen molar-refractivity contribution in [2.45, 2.75) is 52.4 Å². The zero-order valence-corrected chi connectivity index (χ0v) is 7.97. The molecule has 0 amide bonds. The van der Waals surface area contributed by atoms with Gasteiger partial charge in [0.2, 0.25) is 0 Å². The highest BCUT2D eigenvalue weighted by Crippen LogP contribution is 2.02. The third-order valence-electron chi connectivity index (χ3n) is 1.65. The first-order valence-corrected chi connectivity index (χ1v) is 4.88. The van der Waals surface area contributed by atoms with Crippen LogP contribution in [-0.4, -0.2) is 0 Å². The van der Waals surface area contributed by atoms with Crippen LogP contribution < -0.4 is 0 Å². The Morgan fingerprint density at radius 2 is 1.36 bits per heavy atom. The Hall–Kier alpha value is -0.260. The second-order valence-corrected chi connectivity index (χ2v) is 2.91. The Morgan fingerprint density at radius 1 is 0.727 bits per heavy atom. The molecule has 0 atom stereocenters. The molecular weight excluding hydrogens is 132 g/mol. The van der Waals surface area contributed by atoms with Crippen molar-refractivity contribution in [2.24, 2.45) is 0 Å². The van der Waals surface area contributed by atoms with Gasteiger partial charge in [0.1, 0.15) is 0 Å². The molecule has 0 saturated carbocycles. The minimum absolute atomic E-state index is 1.24. The number of rotatable bonds is 7. The molecule has 11 heavy (non-hydrogen) atoms. The van der Waals surface area contributed by atoms with E-state index in [-0.39, 0.29) is 0 Å². The van der Waals surface area contributed by atoms with E-state index in [0.29, 0.717) is 0 Å². The summed E-state index contributed by atoms with van der Waals surface area (Å²) in [5, 5.41) is 0. The van der Waals surface area contributed by atoms with Crippen molar-refractivity contribution < 1.29 is 0 Å². The second-order valence-electron chi connectivity index (χ2n) is 2.91. The molecule has 0 fully saturated rings. The summed E-state index contributed by atoms with van der Waals surface area (Å²) in [7, 11) is 0. The number of hydrogen-bond acceptors (Lipinski definition) is 0. The molecule has 1 radical (unpaired) electrons. The fourth-order valence-electron chi connectivity index (χ4n) is 0.965. The molecule has 0 spiro atoms. The highest BCUT2D eigenvalue weighted by molar-refractivity contribution is 4.82. The summed E-state index contributed by atoms with van der Waals surface area (Å²) in [6.07, 6.45) is 14.6. The zero-order valence-electron chi connectivity index (χ0n) is 7.97. The first-order valence-electron chi connectivity index (χ1n) is 4.88. The topological polar surface area (TPSA) is 0 Å². The average molecular weight is 153 g/mol. The van der Waals surface area contributed by atoms with Crippen molar-refractivity contribution in [3.05, 3.63) is 18.6 Å². The van der Waals surface area contributed by atoms with Crippen LogP contribution in [0.15, 0.2) is 12.2 Å². The van der Waals surface area contributed by atoms with Gasteiger partial charge < -0.3 is 0 Å². The molecule has 0 rings (SSSR count). The van der Waals surface area contributed by atoms with Crippen LogP contribution in [0, 0.1) is 6.42 Å². The molecule has 0 aliphatic carbocycles. The fourth-order valence-corrected chi connectivity index (χ4v) is 0.965. The predicted molar refractivity (Wildman–Crippen MR) is 52.5 cm³/mol. The lowest BCUT2D eigenvalue weighted by molar-refractivity contribution is 0.819. The van der Waals surface area contributed by atoms with Crippen LogP contribution in [0.3, 0.4) is 0 Å². The van der Waals surface area contributed by atoms with Gasteiger partial charge in [-0.2, -0.15) is 0 Å². The maximum absolute atomic E-state index is 2.39. The van der Waals surface area contributed by atoms with Crippen molar-refractivity contribution in [3.63, 3.8) is 0 Å². The standard InChI is InChI=1S/C11H21/c1-3-5-7-9-11-10-8-6-4-2/h7-9H,3-6,10-11H2,1-2H3/b9-7+. The van der Waals surface area contributed by atoms with Crippen molar-refractivity contribution in [1.29, 1.82) is 0 Å². The lowest BCUT2D eigenvalue weighted by Crippen LogP contribution is -1.74. The van der Waals surface area contributed by atoms with E-state index in [0.717, 1.165) is 0 Å². The largest absolute Gasteiger partial charge is 0.0885 e. The summed E-state index contributed by atoms with van der Waals surface area (Å²) in [5.74, 6) is 0. The highest BCUT2D eigenvalue weighted by Gasteiger charge is 1.83. The molecule has 0 aromatic rings. The van der Waals surface area contributed by atoms with Crippen molar-refractivity contribution >= 4 is 0 Å². The summed E-state index contributed by atoms with van der Waals surface area (Å²) < 4.78 is 0. The van der Waals surface area contributed by atoms with Crippen LogP contribution in [0.1, 0.15) is 52.4 Å². The second kappa shape index (κ2) is 9.74. The van der Waals surface area contributed by atoms with Gasteiger partial charge in [0, 0.05) is 0 Å². The zero-order chi connectivity index (χ0) is 8.36. The molecule has 0 N–H and O–H groups in total. The van der Waals surface area contributed by atoms with Crippen LogP contribution in [0.5, 0.6) is 0 Å². The van der Waals surface area contributed by atoms with Gasteiger partial charge in [0.15, 0.2) is 0 Å². The van der Waals surface area contributed by atoms with E-state index in [4.69, 9.17) is 0 Å². The molecule has 0 bridgehead atoms. The molecule has 0 nitrogen and oxygen atoms in total. The van der Waals surface area contributed by atoms with Crippen LogP contribution in [-0.2, 0) is 0 Å². The normalized spacial score (nSPS) is 11.1. The van der Waals surface area contributed by atoms with Crippen LogP contribution in [0.25, 0.3) is 0 Å². The van der Waals surface area contributed by atoms with Gasteiger partial charge in [-0.15, -0.1) is 0 Å². The Labute approximate surface area is 71.7 Å². The monoisotopic (exact) mass is 153 g/mol. The quantitative estimate of drug-likeness (QED) is 0.381. The Bertz CT molecular complexity index is 82.0. The lowest BCUT2D eigenvalue weighted by Gasteiger charge is -1.93. The molecule has 0 saturated heterocycles. The van der Waals surface area contributed by atoms with Gasteiger partial charge in [-0.25, -0.2) is 0 Å². The summed E-state index contributed by atoms with van der Waals surface area (Å²) in [6, 6.07) is 0. The minimum atomic E-state index is 1.24. The molecule has 0 heterocycles. The maximum Gasteiger partial charge on any atom is -0.0348 e. The van der Waals surface area contributed by atoms with Crippen molar-refractivity contribution in [1.82, 2.24) is 0 Å². The van der Waals surface area contributed by atoms with Gasteiger partial charge in [-0.1, -0.05) is 45.3 Å². The van der Waals surface area contributed by atoms with E-state index >= 15 is 0 Å². The molecule has 0 heteroatoms. The number of allylic oxidation sites excluding steroid dienone is 2. The van der Waals surface area contributed by atoms with E-state index in [9.17, 15) is 0 Å². The smallest absolute Gasteiger partial charge is 0.0348 e. The van der Waals surface area contributed by atoms with Gasteiger partial charge in [-0.05, 0) is 25.7 Å². The van der Waals surface area contributed by atoms with Crippen LogP contribution in [0.2, 0.25) is 0 Å². The average Bonchev–Trinajstić information content (AvgIpc) is 2.03. The summed E-state index contributed by atoms with van der Waals surface area (Å²) in [6.45, 7) is 4.44.